The van der Waals surface area contributed by atoms with Crippen LogP contribution in [0.1, 0.15) is 33.1 Å². The molecule has 1 saturated carbocycles. The first-order valence-corrected chi connectivity index (χ1v) is 6.53. The molecule has 1 aromatic rings. The number of aryl methyl sites for hydroxylation is 1. The first-order valence-electron chi connectivity index (χ1n) is 6.15. The minimum absolute atomic E-state index is 0.218. The van der Waals surface area contributed by atoms with Crippen molar-refractivity contribution in [2.45, 2.75) is 45.7 Å². The van der Waals surface area contributed by atoms with Crippen LogP contribution in [0.5, 0.6) is 0 Å². The normalized spacial score (nSPS) is 23.9. The van der Waals surface area contributed by atoms with E-state index in [1.165, 1.54) is 17.5 Å². The summed E-state index contributed by atoms with van der Waals surface area (Å²) < 4.78 is 1.37. The third kappa shape index (κ3) is 2.46. The summed E-state index contributed by atoms with van der Waals surface area (Å²) in [7, 11) is 0. The molecule has 1 heterocycles. The van der Waals surface area contributed by atoms with Gasteiger partial charge in [-0.05, 0) is 25.7 Å². The number of anilines is 1. The number of hydrogen-bond acceptors (Lipinski definition) is 3. The number of nitrogens with zero attached hydrogens (tertiary/aromatic N) is 2. The van der Waals surface area contributed by atoms with Crippen molar-refractivity contribution in [3.8, 4) is 0 Å². The third-order valence-corrected chi connectivity index (χ3v) is 3.85. The van der Waals surface area contributed by atoms with Gasteiger partial charge in [0.1, 0.15) is 5.02 Å². The van der Waals surface area contributed by atoms with Crippen LogP contribution in [0, 0.1) is 5.92 Å². The highest BCUT2D eigenvalue weighted by atomic mass is 35.5. The van der Waals surface area contributed by atoms with Gasteiger partial charge in [-0.25, -0.2) is 4.68 Å². The van der Waals surface area contributed by atoms with E-state index in [2.05, 4.69) is 17.3 Å². The predicted molar refractivity (Wildman–Crippen MR) is 69.6 cm³/mol. The Morgan fingerprint density at radius 1 is 1.59 bits per heavy atom. The maximum absolute atomic E-state index is 11.8. The molecule has 2 rings (SSSR count). The molecule has 1 aliphatic rings. The van der Waals surface area contributed by atoms with E-state index in [9.17, 15) is 4.79 Å². The number of rotatable bonds is 3. The maximum atomic E-state index is 11.8. The zero-order chi connectivity index (χ0) is 12.4. The summed E-state index contributed by atoms with van der Waals surface area (Å²) in [5, 5.41) is 7.68. The highest BCUT2D eigenvalue weighted by Crippen LogP contribution is 2.29. The van der Waals surface area contributed by atoms with Crippen LogP contribution in [0.3, 0.4) is 0 Å². The summed E-state index contributed by atoms with van der Waals surface area (Å²) in [6.07, 6.45) is 5.25. The molecular weight excluding hydrogens is 238 g/mol. The summed E-state index contributed by atoms with van der Waals surface area (Å²) in [6, 6.07) is 0.408. The van der Waals surface area contributed by atoms with E-state index in [0.717, 1.165) is 6.42 Å². The van der Waals surface area contributed by atoms with Gasteiger partial charge in [0.05, 0.1) is 11.9 Å². The molecule has 0 bridgehead atoms. The van der Waals surface area contributed by atoms with Crippen molar-refractivity contribution in [3.63, 3.8) is 0 Å². The molecular formula is C12H18ClN3O. The van der Waals surface area contributed by atoms with E-state index < -0.39 is 0 Å². The van der Waals surface area contributed by atoms with Gasteiger partial charge in [-0.15, -0.1) is 0 Å². The SMILES string of the molecule is CCn1ncc(NC2CCCC2C)c(Cl)c1=O. The molecule has 0 aromatic carbocycles. The smallest absolute Gasteiger partial charge is 0.287 e. The molecule has 0 amide bonds. The Hall–Kier alpha value is -1.03. The fraction of sp³-hybridized carbons (Fsp3) is 0.667. The molecule has 1 N–H and O–H groups in total. The van der Waals surface area contributed by atoms with E-state index in [1.807, 2.05) is 6.92 Å². The molecule has 2 unspecified atom stereocenters. The molecule has 0 saturated heterocycles. The van der Waals surface area contributed by atoms with E-state index in [0.29, 0.717) is 24.2 Å². The summed E-state index contributed by atoms with van der Waals surface area (Å²) in [4.78, 5) is 11.8. The van der Waals surface area contributed by atoms with Crippen LogP contribution in [0.2, 0.25) is 5.02 Å². The van der Waals surface area contributed by atoms with Crippen molar-refractivity contribution in [1.82, 2.24) is 9.78 Å². The Bertz CT molecular complexity index is 458. The fourth-order valence-electron chi connectivity index (χ4n) is 2.35. The van der Waals surface area contributed by atoms with Gasteiger partial charge >= 0.3 is 0 Å². The lowest BCUT2D eigenvalue weighted by molar-refractivity contribution is 0.554. The van der Waals surface area contributed by atoms with Crippen molar-refractivity contribution in [2.24, 2.45) is 5.92 Å². The summed E-state index contributed by atoms with van der Waals surface area (Å²) in [5.41, 5.74) is 0.449. The number of halogens is 1. The van der Waals surface area contributed by atoms with Crippen LogP contribution in [0.4, 0.5) is 5.69 Å². The van der Waals surface area contributed by atoms with Crippen molar-refractivity contribution >= 4 is 17.3 Å². The second kappa shape index (κ2) is 5.08. The van der Waals surface area contributed by atoms with Gasteiger partial charge in [0.2, 0.25) is 0 Å². The van der Waals surface area contributed by atoms with Crippen LogP contribution in [-0.4, -0.2) is 15.8 Å². The minimum Gasteiger partial charge on any atom is -0.379 e. The molecule has 1 aliphatic carbocycles. The molecule has 0 radical (unpaired) electrons. The molecule has 5 heteroatoms. The number of hydrogen-bond donors (Lipinski definition) is 1. The predicted octanol–water partition coefficient (Wildman–Crippen LogP) is 2.52. The molecule has 94 valence electrons. The Morgan fingerprint density at radius 2 is 2.35 bits per heavy atom. The highest BCUT2D eigenvalue weighted by Gasteiger charge is 2.24. The average Bonchev–Trinajstić information content (AvgIpc) is 2.71. The van der Waals surface area contributed by atoms with Gasteiger partial charge < -0.3 is 5.32 Å². The van der Waals surface area contributed by atoms with Crippen molar-refractivity contribution in [2.75, 3.05) is 5.32 Å². The Morgan fingerprint density at radius 3 is 2.94 bits per heavy atom. The van der Waals surface area contributed by atoms with E-state index in [-0.39, 0.29) is 10.6 Å². The molecule has 0 aliphatic heterocycles. The largest absolute Gasteiger partial charge is 0.379 e. The Labute approximate surface area is 106 Å². The van der Waals surface area contributed by atoms with E-state index in [4.69, 9.17) is 11.6 Å². The Balaban J connectivity index is 2.22. The van der Waals surface area contributed by atoms with Crippen LogP contribution < -0.4 is 10.9 Å². The van der Waals surface area contributed by atoms with Crippen molar-refractivity contribution in [1.29, 1.82) is 0 Å². The zero-order valence-electron chi connectivity index (χ0n) is 10.2. The van der Waals surface area contributed by atoms with Crippen LogP contribution >= 0.6 is 11.6 Å². The van der Waals surface area contributed by atoms with Crippen LogP contribution in [-0.2, 0) is 6.54 Å². The van der Waals surface area contributed by atoms with Gasteiger partial charge in [0.15, 0.2) is 0 Å². The molecule has 1 fully saturated rings. The number of nitrogens with one attached hydrogen (secondary N) is 1. The molecule has 0 spiro atoms. The molecule has 1 aromatic heterocycles. The van der Waals surface area contributed by atoms with Crippen molar-refractivity contribution < 1.29 is 0 Å². The maximum Gasteiger partial charge on any atom is 0.287 e. The average molecular weight is 256 g/mol. The quantitative estimate of drug-likeness (QED) is 0.903. The van der Waals surface area contributed by atoms with Crippen molar-refractivity contribution in [3.05, 3.63) is 21.6 Å². The third-order valence-electron chi connectivity index (χ3n) is 3.49. The monoisotopic (exact) mass is 255 g/mol. The van der Waals surface area contributed by atoms with E-state index >= 15 is 0 Å². The fourth-order valence-corrected chi connectivity index (χ4v) is 2.55. The number of aromatic nitrogens is 2. The van der Waals surface area contributed by atoms with Gasteiger partial charge in [-0.3, -0.25) is 4.79 Å². The molecule has 4 nitrogen and oxygen atoms in total. The second-order valence-electron chi connectivity index (χ2n) is 4.65. The van der Waals surface area contributed by atoms with Gasteiger partial charge in [0, 0.05) is 12.6 Å². The van der Waals surface area contributed by atoms with Crippen LogP contribution in [0.15, 0.2) is 11.0 Å². The lowest BCUT2D eigenvalue weighted by atomic mass is 10.1. The second-order valence-corrected chi connectivity index (χ2v) is 5.03. The topological polar surface area (TPSA) is 46.9 Å². The van der Waals surface area contributed by atoms with Gasteiger partial charge in [-0.2, -0.15) is 5.10 Å². The highest BCUT2D eigenvalue weighted by molar-refractivity contribution is 6.32. The molecule has 17 heavy (non-hydrogen) atoms. The Kier molecular flexibility index (Phi) is 3.72. The van der Waals surface area contributed by atoms with Gasteiger partial charge in [0.25, 0.3) is 5.56 Å². The summed E-state index contributed by atoms with van der Waals surface area (Å²) >= 11 is 6.07. The summed E-state index contributed by atoms with van der Waals surface area (Å²) in [5.74, 6) is 0.625. The van der Waals surface area contributed by atoms with E-state index in [1.54, 1.807) is 6.20 Å². The first kappa shape index (κ1) is 12.4. The zero-order valence-corrected chi connectivity index (χ0v) is 11.0. The standard InChI is InChI=1S/C12H18ClN3O/c1-3-16-12(17)11(13)10(7-14-16)15-9-6-4-5-8(9)2/h7-9,15H,3-6H2,1-2H3. The molecule has 2 atom stereocenters. The first-order chi connectivity index (χ1) is 8.13. The lowest BCUT2D eigenvalue weighted by Crippen LogP contribution is -2.27. The minimum atomic E-state index is -0.218. The van der Waals surface area contributed by atoms with Crippen LogP contribution in [0.25, 0.3) is 0 Å². The lowest BCUT2D eigenvalue weighted by Gasteiger charge is -2.19. The summed E-state index contributed by atoms with van der Waals surface area (Å²) in [6.45, 7) is 4.63. The van der Waals surface area contributed by atoms with Gasteiger partial charge in [-0.1, -0.05) is 24.9 Å².